The Balaban J connectivity index is 1.96. The van der Waals surface area contributed by atoms with E-state index in [4.69, 9.17) is 9.47 Å². The highest BCUT2D eigenvalue weighted by atomic mass is 16.6. The molecule has 0 aromatic rings. The minimum Gasteiger partial charge on any atom is -0.458 e. The zero-order valence-corrected chi connectivity index (χ0v) is 16.0. The van der Waals surface area contributed by atoms with E-state index < -0.39 is 46.7 Å². The normalized spacial score (nSPS) is 46.8. The number of fused-ring (bicyclic) bond motifs is 3. The maximum absolute atomic E-state index is 12.7. The first kappa shape index (κ1) is 19.1. The van der Waals surface area contributed by atoms with Gasteiger partial charge in [0, 0.05) is 23.3 Å². The molecule has 0 spiro atoms. The lowest BCUT2D eigenvalue weighted by molar-refractivity contribution is -0.175. The van der Waals surface area contributed by atoms with Gasteiger partial charge in [-0.1, -0.05) is 24.6 Å². The van der Waals surface area contributed by atoms with Crippen molar-refractivity contribution < 1.29 is 29.3 Å². The topological polar surface area (TPSA) is 93.1 Å². The number of carbonyl (C=O) groups excluding carboxylic acids is 2. The zero-order chi connectivity index (χ0) is 19.5. The third-order valence-electron chi connectivity index (χ3n) is 6.43. The van der Waals surface area contributed by atoms with Gasteiger partial charge in [-0.3, -0.25) is 0 Å². The van der Waals surface area contributed by atoms with E-state index in [0.29, 0.717) is 12.8 Å². The summed E-state index contributed by atoms with van der Waals surface area (Å²) >= 11 is 0. The van der Waals surface area contributed by atoms with Gasteiger partial charge in [-0.15, -0.1) is 0 Å². The number of aliphatic hydroxyl groups excluding tert-OH is 1. The summed E-state index contributed by atoms with van der Waals surface area (Å²) in [6.45, 7) is 8.72. The molecule has 3 rings (SSSR count). The summed E-state index contributed by atoms with van der Waals surface area (Å²) < 4.78 is 11.2. The average Bonchev–Trinajstić information content (AvgIpc) is 2.73. The van der Waals surface area contributed by atoms with E-state index in [1.165, 1.54) is 6.08 Å². The van der Waals surface area contributed by atoms with Crippen LogP contribution >= 0.6 is 0 Å². The first-order valence-electron chi connectivity index (χ1n) is 9.10. The Hall–Kier alpha value is -1.66. The van der Waals surface area contributed by atoms with Crippen LogP contribution in [0.4, 0.5) is 0 Å². The van der Waals surface area contributed by atoms with Crippen LogP contribution in [-0.4, -0.2) is 45.6 Å². The molecule has 0 amide bonds. The first-order valence-corrected chi connectivity index (χ1v) is 9.10. The Morgan fingerprint density at radius 1 is 1.35 bits per heavy atom. The maximum Gasteiger partial charge on any atom is 0.351 e. The molecule has 2 N–H and O–H groups in total. The molecular weight excluding hydrogens is 336 g/mol. The van der Waals surface area contributed by atoms with Crippen LogP contribution in [0.15, 0.2) is 23.8 Å². The van der Waals surface area contributed by atoms with Gasteiger partial charge in [-0.25, -0.2) is 9.59 Å². The lowest BCUT2D eigenvalue weighted by atomic mass is 9.52. The highest BCUT2D eigenvalue weighted by Gasteiger charge is 2.68. The molecule has 0 bridgehead atoms. The SMILES string of the molecule is CC(C)=CC(=O)O[C@]1(C)C(=O)O[C@@H]2[C@H]1CC[C@]1(C)[C@H](O)C=C[C@](C)(O)[C@@H]21. The van der Waals surface area contributed by atoms with Gasteiger partial charge in [0.2, 0.25) is 5.60 Å². The standard InChI is InChI=1S/C20H28O6/c1-11(2)10-14(22)26-20(5)12-6-8-18(3)13(21)7-9-19(4,24)16(18)15(12)25-17(20)23/h7,9-10,12-13,15-16,21,24H,6,8H2,1-5H3/t12-,13-,15-,16+,18-,19+,20+/m1/s1. The maximum atomic E-state index is 12.7. The van der Waals surface area contributed by atoms with Gasteiger partial charge in [-0.2, -0.15) is 0 Å². The highest BCUT2D eigenvalue weighted by Crippen LogP contribution is 2.58. The fourth-order valence-corrected chi connectivity index (χ4v) is 5.06. The Labute approximate surface area is 153 Å². The Morgan fingerprint density at radius 3 is 2.62 bits per heavy atom. The first-order chi connectivity index (χ1) is 11.9. The molecule has 6 nitrogen and oxygen atoms in total. The van der Waals surface area contributed by atoms with E-state index in [0.717, 1.165) is 5.57 Å². The average molecular weight is 364 g/mol. The molecule has 1 aliphatic heterocycles. The van der Waals surface area contributed by atoms with E-state index in [-0.39, 0.29) is 5.92 Å². The Bertz CT molecular complexity index is 688. The number of allylic oxidation sites excluding steroid dienone is 1. The van der Waals surface area contributed by atoms with E-state index in [2.05, 4.69) is 0 Å². The lowest BCUT2D eigenvalue weighted by Gasteiger charge is -2.55. The molecule has 6 heteroatoms. The summed E-state index contributed by atoms with van der Waals surface area (Å²) in [6, 6.07) is 0. The molecule has 1 saturated heterocycles. The molecule has 2 aliphatic carbocycles. The predicted molar refractivity (Wildman–Crippen MR) is 93.9 cm³/mol. The smallest absolute Gasteiger partial charge is 0.351 e. The van der Waals surface area contributed by atoms with E-state index in [1.54, 1.807) is 39.8 Å². The largest absolute Gasteiger partial charge is 0.458 e. The number of esters is 2. The Morgan fingerprint density at radius 2 is 2.00 bits per heavy atom. The van der Waals surface area contributed by atoms with Crippen molar-refractivity contribution in [3.63, 3.8) is 0 Å². The summed E-state index contributed by atoms with van der Waals surface area (Å²) in [7, 11) is 0. The summed E-state index contributed by atoms with van der Waals surface area (Å²) in [5.41, 5.74) is -2.46. The van der Waals surface area contributed by atoms with Crippen molar-refractivity contribution in [1.29, 1.82) is 0 Å². The van der Waals surface area contributed by atoms with Crippen LogP contribution in [0, 0.1) is 17.3 Å². The van der Waals surface area contributed by atoms with Gasteiger partial charge in [0.25, 0.3) is 0 Å². The number of ether oxygens (including phenoxy) is 2. The number of aliphatic hydroxyl groups is 2. The van der Waals surface area contributed by atoms with E-state index in [9.17, 15) is 19.8 Å². The van der Waals surface area contributed by atoms with Gasteiger partial charge in [-0.05, 0) is 40.5 Å². The number of hydrogen-bond donors (Lipinski definition) is 2. The number of rotatable bonds is 2. The van der Waals surface area contributed by atoms with Crippen molar-refractivity contribution in [2.75, 3.05) is 0 Å². The molecule has 3 aliphatic rings. The quantitative estimate of drug-likeness (QED) is 0.442. The van der Waals surface area contributed by atoms with Crippen LogP contribution in [-0.2, 0) is 19.1 Å². The summed E-state index contributed by atoms with van der Waals surface area (Å²) in [5.74, 6) is -2.02. The summed E-state index contributed by atoms with van der Waals surface area (Å²) in [6.07, 6.45) is 4.33. The fraction of sp³-hybridized carbons (Fsp3) is 0.700. The third-order valence-corrected chi connectivity index (χ3v) is 6.43. The van der Waals surface area contributed by atoms with Crippen LogP contribution in [0.1, 0.15) is 47.5 Å². The molecule has 1 heterocycles. The van der Waals surface area contributed by atoms with Gasteiger partial charge < -0.3 is 19.7 Å². The number of hydrogen-bond acceptors (Lipinski definition) is 6. The summed E-state index contributed by atoms with van der Waals surface area (Å²) in [4.78, 5) is 24.8. The molecule has 0 aromatic carbocycles. The second-order valence-corrected chi connectivity index (χ2v) is 8.78. The van der Waals surface area contributed by atoms with Gasteiger partial charge >= 0.3 is 11.9 Å². The molecule has 2 fully saturated rings. The molecule has 7 atom stereocenters. The van der Waals surface area contributed by atoms with Crippen molar-refractivity contribution in [3.8, 4) is 0 Å². The van der Waals surface area contributed by atoms with Crippen molar-refractivity contribution in [3.05, 3.63) is 23.8 Å². The van der Waals surface area contributed by atoms with Crippen LogP contribution in [0.5, 0.6) is 0 Å². The van der Waals surface area contributed by atoms with E-state index in [1.807, 2.05) is 6.92 Å². The second-order valence-electron chi connectivity index (χ2n) is 8.78. The van der Waals surface area contributed by atoms with Gasteiger partial charge in [0.15, 0.2) is 0 Å². The van der Waals surface area contributed by atoms with Crippen LogP contribution < -0.4 is 0 Å². The number of carbonyl (C=O) groups is 2. The Kier molecular flexibility index (Phi) is 4.36. The van der Waals surface area contributed by atoms with Crippen molar-refractivity contribution in [1.82, 2.24) is 0 Å². The van der Waals surface area contributed by atoms with Crippen LogP contribution in [0.2, 0.25) is 0 Å². The molecule has 1 saturated carbocycles. The third kappa shape index (κ3) is 2.70. The van der Waals surface area contributed by atoms with Gasteiger partial charge in [0.1, 0.15) is 6.10 Å². The minimum absolute atomic E-state index is 0.368. The summed E-state index contributed by atoms with van der Waals surface area (Å²) in [5, 5.41) is 21.5. The van der Waals surface area contributed by atoms with Crippen molar-refractivity contribution in [2.45, 2.75) is 70.9 Å². The molecule has 0 radical (unpaired) electrons. The highest BCUT2D eigenvalue weighted by molar-refractivity contribution is 5.89. The zero-order valence-electron chi connectivity index (χ0n) is 16.0. The minimum atomic E-state index is -1.39. The van der Waals surface area contributed by atoms with Crippen LogP contribution in [0.25, 0.3) is 0 Å². The van der Waals surface area contributed by atoms with E-state index >= 15 is 0 Å². The fourth-order valence-electron chi connectivity index (χ4n) is 5.06. The second kappa shape index (κ2) is 5.92. The molecule has 144 valence electrons. The monoisotopic (exact) mass is 364 g/mol. The molecule has 26 heavy (non-hydrogen) atoms. The van der Waals surface area contributed by atoms with Crippen LogP contribution in [0.3, 0.4) is 0 Å². The van der Waals surface area contributed by atoms with Crippen molar-refractivity contribution >= 4 is 11.9 Å². The molecule has 0 unspecified atom stereocenters. The van der Waals surface area contributed by atoms with Crippen molar-refractivity contribution in [2.24, 2.45) is 17.3 Å². The predicted octanol–water partition coefficient (Wildman–Crippen LogP) is 1.89. The molecule has 0 aromatic heterocycles. The lowest BCUT2D eigenvalue weighted by Crippen LogP contribution is -2.61. The molecular formula is C20H28O6. The van der Waals surface area contributed by atoms with Gasteiger partial charge in [0.05, 0.1) is 11.7 Å².